The number of carbonyl (C=O) groups excluding carboxylic acids is 1. The van der Waals surface area contributed by atoms with Crippen molar-refractivity contribution >= 4 is 5.91 Å². The molecule has 1 amide bonds. The standard InChI is InChI=1S/C16H26N4O2/c1-18-12-14(11-17-18)13-19-5-3-6-20(8-7-19)16(21)10-15-4-2-9-22-15/h11-12,15H,2-10,13H2,1H3/t15-/m0/s1. The second kappa shape index (κ2) is 7.24. The Labute approximate surface area is 132 Å². The predicted octanol–water partition coefficient (Wildman–Crippen LogP) is 1.02. The Morgan fingerprint density at radius 3 is 2.95 bits per heavy atom. The second-order valence-corrected chi connectivity index (χ2v) is 6.37. The van der Waals surface area contributed by atoms with Crippen molar-refractivity contribution in [1.29, 1.82) is 0 Å². The molecule has 2 aliphatic heterocycles. The number of hydrogen-bond donors (Lipinski definition) is 0. The molecule has 2 fully saturated rings. The molecule has 6 nitrogen and oxygen atoms in total. The maximum Gasteiger partial charge on any atom is 0.225 e. The molecular formula is C16H26N4O2. The van der Waals surface area contributed by atoms with Gasteiger partial charge in [0, 0.05) is 58.1 Å². The third-order valence-corrected chi connectivity index (χ3v) is 4.53. The van der Waals surface area contributed by atoms with Gasteiger partial charge < -0.3 is 9.64 Å². The van der Waals surface area contributed by atoms with Gasteiger partial charge >= 0.3 is 0 Å². The summed E-state index contributed by atoms with van der Waals surface area (Å²) in [4.78, 5) is 16.8. The lowest BCUT2D eigenvalue weighted by atomic mass is 10.1. The van der Waals surface area contributed by atoms with Crippen LogP contribution in [0.3, 0.4) is 0 Å². The van der Waals surface area contributed by atoms with Gasteiger partial charge in [0.25, 0.3) is 0 Å². The molecule has 1 atom stereocenters. The lowest BCUT2D eigenvalue weighted by molar-refractivity contribution is -0.133. The van der Waals surface area contributed by atoms with Gasteiger partial charge in [0.1, 0.15) is 0 Å². The quantitative estimate of drug-likeness (QED) is 0.833. The molecule has 0 N–H and O–H groups in total. The summed E-state index contributed by atoms with van der Waals surface area (Å²) >= 11 is 0. The monoisotopic (exact) mass is 306 g/mol. The number of ether oxygens (including phenoxy) is 1. The van der Waals surface area contributed by atoms with E-state index in [0.29, 0.717) is 6.42 Å². The van der Waals surface area contributed by atoms with Crippen molar-refractivity contribution in [2.24, 2.45) is 7.05 Å². The van der Waals surface area contributed by atoms with Gasteiger partial charge in [0.2, 0.25) is 5.91 Å². The van der Waals surface area contributed by atoms with Crippen LogP contribution >= 0.6 is 0 Å². The zero-order chi connectivity index (χ0) is 15.4. The van der Waals surface area contributed by atoms with E-state index in [-0.39, 0.29) is 12.0 Å². The Balaban J connectivity index is 1.47. The Morgan fingerprint density at radius 1 is 1.32 bits per heavy atom. The zero-order valence-electron chi connectivity index (χ0n) is 13.4. The molecule has 22 heavy (non-hydrogen) atoms. The molecule has 1 aromatic heterocycles. The fourth-order valence-electron chi connectivity index (χ4n) is 3.32. The third kappa shape index (κ3) is 4.08. The van der Waals surface area contributed by atoms with Gasteiger partial charge in [-0.25, -0.2) is 0 Å². The number of nitrogens with zero attached hydrogens (tertiary/aromatic N) is 4. The maximum absolute atomic E-state index is 12.4. The van der Waals surface area contributed by atoms with Crippen molar-refractivity contribution in [3.63, 3.8) is 0 Å². The summed E-state index contributed by atoms with van der Waals surface area (Å²) in [5, 5.41) is 4.22. The van der Waals surface area contributed by atoms with E-state index in [1.165, 1.54) is 5.56 Å². The normalized spacial score (nSPS) is 23.7. The van der Waals surface area contributed by atoms with E-state index in [1.54, 1.807) is 0 Å². The molecular weight excluding hydrogens is 280 g/mol. The molecule has 0 aliphatic carbocycles. The first-order valence-corrected chi connectivity index (χ1v) is 8.30. The molecule has 0 unspecified atom stereocenters. The highest BCUT2D eigenvalue weighted by atomic mass is 16.5. The summed E-state index contributed by atoms with van der Waals surface area (Å²) in [6, 6.07) is 0. The van der Waals surface area contributed by atoms with Crippen LogP contribution in [0.4, 0.5) is 0 Å². The van der Waals surface area contributed by atoms with Crippen molar-refractivity contribution in [3.05, 3.63) is 18.0 Å². The fraction of sp³-hybridized carbons (Fsp3) is 0.750. The van der Waals surface area contributed by atoms with Crippen molar-refractivity contribution in [3.8, 4) is 0 Å². The molecule has 1 aromatic rings. The van der Waals surface area contributed by atoms with Gasteiger partial charge in [-0.15, -0.1) is 0 Å². The van der Waals surface area contributed by atoms with E-state index in [1.807, 2.05) is 22.8 Å². The number of rotatable bonds is 4. The van der Waals surface area contributed by atoms with E-state index in [9.17, 15) is 4.79 Å². The van der Waals surface area contributed by atoms with Crippen molar-refractivity contribution in [2.45, 2.75) is 38.3 Å². The molecule has 6 heteroatoms. The largest absolute Gasteiger partial charge is 0.378 e. The van der Waals surface area contributed by atoms with Crippen LogP contribution in [-0.2, 0) is 23.1 Å². The minimum absolute atomic E-state index is 0.155. The molecule has 0 aromatic carbocycles. The maximum atomic E-state index is 12.4. The third-order valence-electron chi connectivity index (χ3n) is 4.53. The molecule has 3 heterocycles. The van der Waals surface area contributed by atoms with Gasteiger partial charge in [-0.05, 0) is 19.3 Å². The highest BCUT2D eigenvalue weighted by Crippen LogP contribution is 2.17. The Hall–Kier alpha value is -1.40. The Kier molecular flexibility index (Phi) is 5.10. The van der Waals surface area contributed by atoms with Crippen LogP contribution in [0.5, 0.6) is 0 Å². The molecule has 2 aliphatic rings. The average Bonchev–Trinajstić information content (AvgIpc) is 3.07. The van der Waals surface area contributed by atoms with Crippen molar-refractivity contribution in [1.82, 2.24) is 19.6 Å². The van der Waals surface area contributed by atoms with Gasteiger partial charge in [-0.1, -0.05) is 0 Å². The van der Waals surface area contributed by atoms with E-state index in [4.69, 9.17) is 4.74 Å². The molecule has 2 saturated heterocycles. The van der Waals surface area contributed by atoms with Gasteiger partial charge in [-0.2, -0.15) is 5.10 Å². The minimum atomic E-state index is 0.155. The van der Waals surface area contributed by atoms with Crippen molar-refractivity contribution < 1.29 is 9.53 Å². The van der Waals surface area contributed by atoms with Gasteiger partial charge in [0.15, 0.2) is 0 Å². The summed E-state index contributed by atoms with van der Waals surface area (Å²) in [7, 11) is 1.94. The topological polar surface area (TPSA) is 50.6 Å². The predicted molar refractivity (Wildman–Crippen MR) is 83.3 cm³/mol. The molecule has 3 rings (SSSR count). The summed E-state index contributed by atoms with van der Waals surface area (Å²) in [5.41, 5.74) is 1.24. The van der Waals surface area contributed by atoms with Gasteiger partial charge in [0.05, 0.1) is 18.7 Å². The first-order chi connectivity index (χ1) is 10.7. The summed E-state index contributed by atoms with van der Waals surface area (Å²) in [5.74, 6) is 0.259. The van der Waals surface area contributed by atoms with E-state index < -0.39 is 0 Å². The number of carbonyl (C=O) groups is 1. The van der Waals surface area contributed by atoms with Crippen LogP contribution in [0.1, 0.15) is 31.2 Å². The highest BCUT2D eigenvalue weighted by Gasteiger charge is 2.24. The van der Waals surface area contributed by atoms with Crippen molar-refractivity contribution in [2.75, 3.05) is 32.8 Å². The van der Waals surface area contributed by atoms with Crippen LogP contribution in [-0.4, -0.2) is 64.4 Å². The number of amides is 1. The summed E-state index contributed by atoms with van der Waals surface area (Å²) in [6.07, 6.45) is 7.86. The van der Waals surface area contributed by atoms with Crippen LogP contribution in [0.2, 0.25) is 0 Å². The molecule has 0 spiro atoms. The smallest absolute Gasteiger partial charge is 0.225 e. The van der Waals surface area contributed by atoms with Crippen LogP contribution in [0.15, 0.2) is 12.4 Å². The second-order valence-electron chi connectivity index (χ2n) is 6.37. The zero-order valence-corrected chi connectivity index (χ0v) is 13.4. The lowest BCUT2D eigenvalue weighted by Gasteiger charge is -2.23. The number of hydrogen-bond acceptors (Lipinski definition) is 4. The lowest BCUT2D eigenvalue weighted by Crippen LogP contribution is -2.36. The fourth-order valence-corrected chi connectivity index (χ4v) is 3.32. The highest BCUT2D eigenvalue weighted by molar-refractivity contribution is 5.76. The number of aromatic nitrogens is 2. The first-order valence-electron chi connectivity index (χ1n) is 8.30. The molecule has 122 valence electrons. The molecule has 0 bridgehead atoms. The van der Waals surface area contributed by atoms with E-state index >= 15 is 0 Å². The van der Waals surface area contributed by atoms with Crippen LogP contribution in [0.25, 0.3) is 0 Å². The van der Waals surface area contributed by atoms with Gasteiger partial charge in [-0.3, -0.25) is 14.4 Å². The first kappa shape index (κ1) is 15.5. The summed E-state index contributed by atoms with van der Waals surface area (Å²) in [6.45, 7) is 5.41. The summed E-state index contributed by atoms with van der Waals surface area (Å²) < 4.78 is 7.42. The van der Waals surface area contributed by atoms with E-state index in [2.05, 4.69) is 16.2 Å². The van der Waals surface area contributed by atoms with Crippen LogP contribution in [0, 0.1) is 0 Å². The Morgan fingerprint density at radius 2 is 2.23 bits per heavy atom. The minimum Gasteiger partial charge on any atom is -0.378 e. The molecule has 0 saturated carbocycles. The van der Waals surface area contributed by atoms with Crippen LogP contribution < -0.4 is 0 Å². The van der Waals surface area contributed by atoms with E-state index in [0.717, 1.165) is 58.6 Å². The Bertz CT molecular complexity index is 496. The number of aryl methyl sites for hydroxylation is 1. The SMILES string of the molecule is Cn1cc(CN2CCCN(C(=O)C[C@@H]3CCCO3)CC2)cn1. The molecule has 0 radical (unpaired) electrons. The average molecular weight is 306 g/mol.